The number of nitrogens with two attached hydrogens (primary N) is 1. The Morgan fingerprint density at radius 3 is 2.71 bits per heavy atom. The topological polar surface area (TPSA) is 101 Å². The summed E-state index contributed by atoms with van der Waals surface area (Å²) in [6.45, 7) is 3.37. The fourth-order valence-corrected chi connectivity index (χ4v) is 3.61. The van der Waals surface area contributed by atoms with Crippen LogP contribution in [0.3, 0.4) is 0 Å². The van der Waals surface area contributed by atoms with Crippen molar-refractivity contribution in [3.05, 3.63) is 11.4 Å². The van der Waals surface area contributed by atoms with E-state index in [1.165, 1.54) is 4.31 Å². The molecule has 0 atom stereocenters. The second kappa shape index (κ2) is 4.73. The van der Waals surface area contributed by atoms with Gasteiger partial charge in [-0.2, -0.15) is 9.40 Å². The van der Waals surface area contributed by atoms with Gasteiger partial charge in [-0.1, -0.05) is 0 Å². The van der Waals surface area contributed by atoms with Crippen molar-refractivity contribution in [2.24, 2.45) is 5.73 Å². The monoisotopic (exact) mass is 260 g/mol. The SMILES string of the molecule is Cc1[nH]nc(CN)c1S(=O)(=O)N1CCOCC1. The van der Waals surface area contributed by atoms with E-state index in [0.29, 0.717) is 37.7 Å². The van der Waals surface area contributed by atoms with Gasteiger partial charge >= 0.3 is 0 Å². The first-order valence-corrected chi connectivity index (χ1v) is 6.83. The zero-order chi connectivity index (χ0) is 12.5. The van der Waals surface area contributed by atoms with Crippen molar-refractivity contribution in [3.63, 3.8) is 0 Å². The van der Waals surface area contributed by atoms with E-state index in [1.54, 1.807) is 6.92 Å². The van der Waals surface area contributed by atoms with Crippen LogP contribution in [0.5, 0.6) is 0 Å². The molecule has 0 saturated carbocycles. The zero-order valence-electron chi connectivity index (χ0n) is 9.64. The summed E-state index contributed by atoms with van der Waals surface area (Å²) >= 11 is 0. The van der Waals surface area contributed by atoms with E-state index >= 15 is 0 Å². The van der Waals surface area contributed by atoms with Crippen LogP contribution in [0.15, 0.2) is 4.90 Å². The van der Waals surface area contributed by atoms with Crippen LogP contribution >= 0.6 is 0 Å². The fraction of sp³-hybridized carbons (Fsp3) is 0.667. The Morgan fingerprint density at radius 1 is 1.47 bits per heavy atom. The number of ether oxygens (including phenoxy) is 1. The van der Waals surface area contributed by atoms with E-state index in [0.717, 1.165) is 0 Å². The molecule has 0 aliphatic carbocycles. The van der Waals surface area contributed by atoms with Gasteiger partial charge in [-0.15, -0.1) is 0 Å². The molecule has 8 heteroatoms. The molecule has 7 nitrogen and oxygen atoms in total. The second-order valence-corrected chi connectivity index (χ2v) is 5.72. The highest BCUT2D eigenvalue weighted by atomic mass is 32.2. The second-order valence-electron chi connectivity index (χ2n) is 3.85. The molecule has 2 heterocycles. The van der Waals surface area contributed by atoms with Crippen LogP contribution in [-0.2, 0) is 21.3 Å². The normalized spacial score (nSPS) is 18.5. The third kappa shape index (κ3) is 2.21. The van der Waals surface area contributed by atoms with E-state index in [2.05, 4.69) is 10.2 Å². The summed E-state index contributed by atoms with van der Waals surface area (Å²) in [5.41, 5.74) is 6.41. The molecule has 0 bridgehead atoms. The number of H-pyrrole nitrogens is 1. The van der Waals surface area contributed by atoms with Crippen molar-refractivity contribution in [1.29, 1.82) is 0 Å². The highest BCUT2D eigenvalue weighted by Gasteiger charge is 2.31. The summed E-state index contributed by atoms with van der Waals surface area (Å²) in [4.78, 5) is 0.210. The molecule has 0 radical (unpaired) electrons. The first kappa shape index (κ1) is 12.5. The smallest absolute Gasteiger partial charge is 0.246 e. The molecule has 1 saturated heterocycles. The minimum atomic E-state index is -3.51. The van der Waals surface area contributed by atoms with E-state index in [-0.39, 0.29) is 11.4 Å². The van der Waals surface area contributed by atoms with Crippen LogP contribution in [0.4, 0.5) is 0 Å². The Kier molecular flexibility index (Phi) is 3.48. The average molecular weight is 260 g/mol. The number of rotatable bonds is 3. The van der Waals surface area contributed by atoms with Crippen LogP contribution in [-0.4, -0.2) is 49.2 Å². The molecule has 0 spiro atoms. The third-order valence-electron chi connectivity index (χ3n) is 2.72. The number of morpholine rings is 1. The molecule has 1 fully saturated rings. The molecule has 1 aromatic heterocycles. The lowest BCUT2D eigenvalue weighted by Gasteiger charge is -2.26. The van der Waals surface area contributed by atoms with Crippen molar-refractivity contribution in [2.75, 3.05) is 26.3 Å². The van der Waals surface area contributed by atoms with Crippen LogP contribution in [0.25, 0.3) is 0 Å². The summed E-state index contributed by atoms with van der Waals surface area (Å²) in [6, 6.07) is 0. The Morgan fingerprint density at radius 2 is 2.12 bits per heavy atom. The van der Waals surface area contributed by atoms with Gasteiger partial charge in [0.25, 0.3) is 0 Å². The first-order chi connectivity index (χ1) is 8.07. The van der Waals surface area contributed by atoms with Gasteiger partial charge in [-0.3, -0.25) is 5.10 Å². The fourth-order valence-electron chi connectivity index (χ4n) is 1.87. The molecule has 96 valence electrons. The largest absolute Gasteiger partial charge is 0.379 e. The number of hydrogen-bond donors (Lipinski definition) is 2. The molecule has 3 N–H and O–H groups in total. The van der Waals surface area contributed by atoms with Crippen LogP contribution in [0.2, 0.25) is 0 Å². The van der Waals surface area contributed by atoms with Gasteiger partial charge < -0.3 is 10.5 Å². The quantitative estimate of drug-likeness (QED) is 0.740. The predicted octanol–water partition coefficient (Wildman–Crippen LogP) is -0.802. The zero-order valence-corrected chi connectivity index (χ0v) is 10.5. The van der Waals surface area contributed by atoms with Crippen LogP contribution in [0.1, 0.15) is 11.4 Å². The number of aromatic nitrogens is 2. The van der Waals surface area contributed by atoms with E-state index in [1.807, 2.05) is 0 Å². The minimum absolute atomic E-state index is 0.100. The number of nitrogens with zero attached hydrogens (tertiary/aromatic N) is 2. The third-order valence-corrected chi connectivity index (χ3v) is 4.83. The Labute approximate surface area is 100.0 Å². The van der Waals surface area contributed by atoms with Gasteiger partial charge in [-0.05, 0) is 6.92 Å². The predicted molar refractivity (Wildman–Crippen MR) is 60.8 cm³/mol. The summed E-state index contributed by atoms with van der Waals surface area (Å²) in [5.74, 6) is 0. The van der Waals surface area contributed by atoms with Gasteiger partial charge in [0.1, 0.15) is 4.90 Å². The molecular formula is C9H16N4O3S. The van der Waals surface area contributed by atoms with Crippen molar-refractivity contribution >= 4 is 10.0 Å². The van der Waals surface area contributed by atoms with Gasteiger partial charge in [0, 0.05) is 19.6 Å². The molecule has 0 aromatic carbocycles. The Bertz CT molecular complexity index is 490. The number of hydrogen-bond acceptors (Lipinski definition) is 5. The maximum Gasteiger partial charge on any atom is 0.246 e. The average Bonchev–Trinajstić information content (AvgIpc) is 2.72. The summed E-state index contributed by atoms with van der Waals surface area (Å²) < 4.78 is 31.4. The van der Waals surface area contributed by atoms with Crippen molar-refractivity contribution in [1.82, 2.24) is 14.5 Å². The minimum Gasteiger partial charge on any atom is -0.379 e. The lowest BCUT2D eigenvalue weighted by atomic mass is 10.4. The van der Waals surface area contributed by atoms with Crippen LogP contribution < -0.4 is 5.73 Å². The Hall–Kier alpha value is -0.960. The Balaban J connectivity index is 2.39. The van der Waals surface area contributed by atoms with Gasteiger partial charge in [0.2, 0.25) is 10.0 Å². The van der Waals surface area contributed by atoms with Crippen LogP contribution in [0, 0.1) is 6.92 Å². The van der Waals surface area contributed by atoms with E-state index < -0.39 is 10.0 Å². The number of aryl methyl sites for hydroxylation is 1. The summed E-state index contributed by atoms with van der Waals surface area (Å²) in [5, 5.41) is 6.57. The van der Waals surface area contributed by atoms with E-state index in [4.69, 9.17) is 10.5 Å². The summed E-state index contributed by atoms with van der Waals surface area (Å²) in [7, 11) is -3.51. The van der Waals surface area contributed by atoms with Gasteiger partial charge in [0.05, 0.1) is 24.6 Å². The number of nitrogens with one attached hydrogen (secondary N) is 1. The molecule has 0 unspecified atom stereocenters. The molecule has 2 rings (SSSR count). The van der Waals surface area contributed by atoms with Gasteiger partial charge in [-0.25, -0.2) is 8.42 Å². The standard InChI is InChI=1S/C9H16N4O3S/c1-7-9(8(6-10)12-11-7)17(14,15)13-2-4-16-5-3-13/h2-6,10H2,1H3,(H,11,12). The highest BCUT2D eigenvalue weighted by molar-refractivity contribution is 7.89. The van der Waals surface area contributed by atoms with Crippen molar-refractivity contribution in [2.45, 2.75) is 18.4 Å². The molecule has 17 heavy (non-hydrogen) atoms. The lowest BCUT2D eigenvalue weighted by Crippen LogP contribution is -2.41. The van der Waals surface area contributed by atoms with Crippen molar-refractivity contribution < 1.29 is 13.2 Å². The molecule has 1 aliphatic heterocycles. The van der Waals surface area contributed by atoms with E-state index in [9.17, 15) is 8.42 Å². The maximum atomic E-state index is 12.4. The molecular weight excluding hydrogens is 244 g/mol. The highest BCUT2D eigenvalue weighted by Crippen LogP contribution is 2.22. The molecule has 1 aromatic rings. The summed E-state index contributed by atoms with van der Waals surface area (Å²) in [6.07, 6.45) is 0. The first-order valence-electron chi connectivity index (χ1n) is 5.39. The number of sulfonamides is 1. The molecule has 0 amide bonds. The maximum absolute atomic E-state index is 12.4. The lowest BCUT2D eigenvalue weighted by molar-refractivity contribution is 0.0730. The number of aromatic amines is 1. The van der Waals surface area contributed by atoms with Gasteiger partial charge in [0.15, 0.2) is 0 Å². The molecule has 1 aliphatic rings. The van der Waals surface area contributed by atoms with Crippen molar-refractivity contribution in [3.8, 4) is 0 Å².